The highest BCUT2D eigenvalue weighted by molar-refractivity contribution is 6.68. The first-order chi connectivity index (χ1) is 9.88. The van der Waals surface area contributed by atoms with E-state index in [1.54, 1.807) is 30.3 Å². The van der Waals surface area contributed by atoms with Crippen molar-refractivity contribution >= 4 is 52.3 Å². The summed E-state index contributed by atoms with van der Waals surface area (Å²) in [7, 11) is 0. The Balaban J connectivity index is 2.16. The highest BCUT2D eigenvalue weighted by Crippen LogP contribution is 2.34. The van der Waals surface area contributed by atoms with Crippen molar-refractivity contribution in [1.29, 1.82) is 0 Å². The fourth-order valence-corrected chi connectivity index (χ4v) is 1.92. The van der Waals surface area contributed by atoms with Gasteiger partial charge < -0.3 is 14.5 Å². The highest BCUT2D eigenvalue weighted by Gasteiger charge is 2.37. The molecule has 8 heteroatoms. The van der Waals surface area contributed by atoms with Crippen LogP contribution in [0.4, 0.5) is 0 Å². The molecule has 1 atom stereocenters. The van der Waals surface area contributed by atoms with Crippen molar-refractivity contribution in [1.82, 2.24) is 5.32 Å². The molecule has 0 saturated heterocycles. The van der Waals surface area contributed by atoms with Crippen molar-refractivity contribution in [3.8, 4) is 5.75 Å². The topological polar surface area (TPSA) is 51.5 Å². The molecule has 112 valence electrons. The van der Waals surface area contributed by atoms with Crippen LogP contribution in [0.1, 0.15) is 10.6 Å². The summed E-state index contributed by atoms with van der Waals surface area (Å²) in [4.78, 5) is 11.9. The number of benzene rings is 1. The Morgan fingerprint density at radius 1 is 1.19 bits per heavy atom. The lowest BCUT2D eigenvalue weighted by Gasteiger charge is -2.26. The molecule has 21 heavy (non-hydrogen) atoms. The van der Waals surface area contributed by atoms with E-state index in [2.05, 4.69) is 5.32 Å². The first-order valence-electron chi connectivity index (χ1n) is 5.70. The number of alkyl halides is 3. The second kappa shape index (κ2) is 6.79. The standard InChI is InChI=1S/C13H9Cl4NO3/c14-8-4-1-2-5-9(8)21-12(13(15,16)17)18-11(19)10-6-3-7-20-10/h1-7,12H,(H,18,19)/t12-/m0/s1. The van der Waals surface area contributed by atoms with Crippen LogP contribution in [-0.4, -0.2) is 15.9 Å². The fraction of sp³-hybridized carbons (Fsp3) is 0.154. The number of carbonyl (C=O) groups excluding carboxylic acids is 1. The molecule has 4 nitrogen and oxygen atoms in total. The SMILES string of the molecule is O=C(N[C@@H](Oc1ccccc1Cl)C(Cl)(Cl)Cl)c1ccco1. The molecule has 0 spiro atoms. The lowest BCUT2D eigenvalue weighted by Crippen LogP contribution is -2.47. The lowest BCUT2D eigenvalue weighted by atomic mass is 10.3. The first-order valence-corrected chi connectivity index (χ1v) is 7.21. The molecule has 0 unspecified atom stereocenters. The summed E-state index contributed by atoms with van der Waals surface area (Å²) in [6.07, 6.45) is 0.105. The van der Waals surface area contributed by atoms with Gasteiger partial charge in [-0.15, -0.1) is 0 Å². The van der Waals surface area contributed by atoms with Crippen molar-refractivity contribution < 1.29 is 13.9 Å². The Labute approximate surface area is 140 Å². The second-order valence-corrected chi connectivity index (χ2v) is 6.70. The van der Waals surface area contributed by atoms with E-state index in [1.807, 2.05) is 0 Å². The van der Waals surface area contributed by atoms with Gasteiger partial charge in [-0.05, 0) is 24.3 Å². The van der Waals surface area contributed by atoms with Crippen molar-refractivity contribution in [2.24, 2.45) is 0 Å². The van der Waals surface area contributed by atoms with Gasteiger partial charge in [0.1, 0.15) is 5.75 Å². The van der Waals surface area contributed by atoms with E-state index < -0.39 is 15.9 Å². The molecule has 0 aliphatic carbocycles. The molecule has 0 aliphatic rings. The van der Waals surface area contributed by atoms with Crippen LogP contribution in [0.15, 0.2) is 47.1 Å². The molecule has 1 aromatic heterocycles. The molecule has 1 N–H and O–H groups in total. The zero-order valence-electron chi connectivity index (χ0n) is 10.4. The minimum absolute atomic E-state index is 0.0667. The number of nitrogens with one attached hydrogen (secondary N) is 1. The number of ether oxygens (including phenoxy) is 1. The van der Waals surface area contributed by atoms with Crippen LogP contribution in [-0.2, 0) is 0 Å². The van der Waals surface area contributed by atoms with Gasteiger partial charge >= 0.3 is 0 Å². The number of furan rings is 1. The average Bonchev–Trinajstić information content (AvgIpc) is 2.93. The summed E-state index contributed by atoms with van der Waals surface area (Å²) >= 11 is 23.4. The van der Waals surface area contributed by atoms with Gasteiger partial charge in [-0.3, -0.25) is 4.79 Å². The zero-order valence-corrected chi connectivity index (χ0v) is 13.4. The van der Waals surface area contributed by atoms with E-state index in [1.165, 1.54) is 12.3 Å². The Kier molecular flexibility index (Phi) is 5.27. The quantitative estimate of drug-likeness (QED) is 0.641. The monoisotopic (exact) mass is 367 g/mol. The minimum Gasteiger partial charge on any atom is -0.464 e. The molecule has 0 bridgehead atoms. The van der Waals surface area contributed by atoms with Crippen molar-refractivity contribution in [3.63, 3.8) is 0 Å². The predicted octanol–water partition coefficient (Wildman–Crippen LogP) is 4.44. The average molecular weight is 369 g/mol. The maximum atomic E-state index is 11.9. The normalized spacial score (nSPS) is 12.8. The summed E-state index contributed by atoms with van der Waals surface area (Å²) in [6.45, 7) is 0. The van der Waals surface area contributed by atoms with Gasteiger partial charge in [-0.25, -0.2) is 0 Å². The molecule has 2 aromatic rings. The third kappa shape index (κ3) is 4.45. The van der Waals surface area contributed by atoms with Crippen LogP contribution in [0.5, 0.6) is 5.75 Å². The van der Waals surface area contributed by atoms with Gasteiger partial charge in [0.15, 0.2) is 5.76 Å². The van der Waals surface area contributed by atoms with E-state index in [0.29, 0.717) is 5.02 Å². The van der Waals surface area contributed by atoms with E-state index in [0.717, 1.165) is 0 Å². The summed E-state index contributed by atoms with van der Waals surface area (Å²) in [5.74, 6) is -0.240. The van der Waals surface area contributed by atoms with Crippen LogP contribution < -0.4 is 10.1 Å². The van der Waals surface area contributed by atoms with Crippen molar-refractivity contribution in [2.75, 3.05) is 0 Å². The summed E-state index contributed by atoms with van der Waals surface area (Å²) in [5, 5.41) is 2.75. The summed E-state index contributed by atoms with van der Waals surface area (Å²) < 4.78 is 8.54. The van der Waals surface area contributed by atoms with Gasteiger partial charge in [0, 0.05) is 0 Å². The molecule has 1 amide bonds. The van der Waals surface area contributed by atoms with Gasteiger partial charge in [0.25, 0.3) is 5.91 Å². The molecule has 0 saturated carbocycles. The smallest absolute Gasteiger partial charge is 0.289 e. The minimum atomic E-state index is -1.90. The molecule has 2 rings (SSSR count). The molecule has 0 radical (unpaired) electrons. The third-order valence-electron chi connectivity index (χ3n) is 2.39. The van der Waals surface area contributed by atoms with Crippen molar-refractivity contribution in [3.05, 3.63) is 53.4 Å². The molecular formula is C13H9Cl4NO3. The van der Waals surface area contributed by atoms with E-state index in [9.17, 15) is 4.79 Å². The predicted molar refractivity (Wildman–Crippen MR) is 82.3 cm³/mol. The number of hydrogen-bond donors (Lipinski definition) is 1. The van der Waals surface area contributed by atoms with E-state index in [-0.39, 0.29) is 11.5 Å². The number of rotatable bonds is 4. The second-order valence-electron chi connectivity index (χ2n) is 3.92. The molecule has 1 aromatic carbocycles. The van der Waals surface area contributed by atoms with Crippen LogP contribution in [0.25, 0.3) is 0 Å². The fourth-order valence-electron chi connectivity index (χ4n) is 1.44. The summed E-state index contributed by atoms with van der Waals surface area (Å²) in [6, 6.07) is 9.66. The van der Waals surface area contributed by atoms with Gasteiger partial charge in [-0.1, -0.05) is 58.5 Å². The Morgan fingerprint density at radius 3 is 2.48 bits per heavy atom. The number of hydrogen-bond acceptors (Lipinski definition) is 3. The number of halogens is 4. The maximum absolute atomic E-state index is 11.9. The maximum Gasteiger partial charge on any atom is 0.289 e. The van der Waals surface area contributed by atoms with Crippen LogP contribution >= 0.6 is 46.4 Å². The molecule has 1 heterocycles. The molecular weight excluding hydrogens is 360 g/mol. The Hall–Kier alpha value is -1.07. The Bertz CT molecular complexity index is 610. The first kappa shape index (κ1) is 16.3. The number of carbonyl (C=O) groups is 1. The van der Waals surface area contributed by atoms with Crippen LogP contribution in [0.2, 0.25) is 5.02 Å². The highest BCUT2D eigenvalue weighted by atomic mass is 35.6. The van der Waals surface area contributed by atoms with Crippen LogP contribution in [0, 0.1) is 0 Å². The Morgan fingerprint density at radius 2 is 1.90 bits per heavy atom. The molecule has 0 fully saturated rings. The van der Waals surface area contributed by atoms with Gasteiger partial charge in [0.05, 0.1) is 11.3 Å². The third-order valence-corrected chi connectivity index (χ3v) is 3.29. The van der Waals surface area contributed by atoms with Gasteiger partial charge in [0.2, 0.25) is 10.0 Å². The number of para-hydroxylation sites is 1. The molecule has 0 aliphatic heterocycles. The van der Waals surface area contributed by atoms with Crippen molar-refractivity contribution in [2.45, 2.75) is 10.0 Å². The number of amides is 1. The lowest BCUT2D eigenvalue weighted by molar-refractivity contribution is 0.0805. The van der Waals surface area contributed by atoms with Crippen LogP contribution in [0.3, 0.4) is 0 Å². The summed E-state index contributed by atoms with van der Waals surface area (Å²) in [5.41, 5.74) is 0. The van der Waals surface area contributed by atoms with Gasteiger partial charge in [-0.2, -0.15) is 0 Å². The van der Waals surface area contributed by atoms with E-state index >= 15 is 0 Å². The largest absolute Gasteiger partial charge is 0.464 e. The zero-order chi connectivity index (χ0) is 15.5. The van der Waals surface area contributed by atoms with E-state index in [4.69, 9.17) is 55.6 Å².